The van der Waals surface area contributed by atoms with Crippen molar-refractivity contribution in [3.05, 3.63) is 53.3 Å². The van der Waals surface area contributed by atoms with Gasteiger partial charge in [-0.2, -0.15) is 5.10 Å². The predicted molar refractivity (Wildman–Crippen MR) is 76.3 cm³/mol. The van der Waals surface area contributed by atoms with E-state index >= 15 is 0 Å². The van der Waals surface area contributed by atoms with Crippen molar-refractivity contribution >= 4 is 5.97 Å². The monoisotopic (exact) mass is 306 g/mol. The van der Waals surface area contributed by atoms with Gasteiger partial charge in [0.2, 0.25) is 5.92 Å². The van der Waals surface area contributed by atoms with Gasteiger partial charge in [0, 0.05) is 37.7 Å². The van der Waals surface area contributed by atoms with Crippen LogP contribution in [-0.4, -0.2) is 26.8 Å². The van der Waals surface area contributed by atoms with Gasteiger partial charge < -0.3 is 5.11 Å². The molecule has 1 aliphatic rings. The molecule has 0 spiro atoms. The molecule has 2 aromatic rings. The summed E-state index contributed by atoms with van der Waals surface area (Å²) in [6.45, 7) is 0. The van der Waals surface area contributed by atoms with E-state index in [0.717, 1.165) is 11.3 Å². The molecule has 0 bridgehead atoms. The third-order valence-electron chi connectivity index (χ3n) is 4.35. The number of alkyl halides is 2. The number of carbonyl (C=O) groups is 1. The molecule has 0 radical (unpaired) electrons. The molecule has 0 saturated heterocycles. The minimum atomic E-state index is -2.72. The molecule has 1 aliphatic carbocycles. The molecule has 2 atom stereocenters. The molecule has 1 aromatic carbocycles. The normalized spacial score (nSPS) is 23.6. The van der Waals surface area contributed by atoms with E-state index in [-0.39, 0.29) is 30.2 Å². The first-order chi connectivity index (χ1) is 10.4. The van der Waals surface area contributed by atoms with Gasteiger partial charge in [-0.15, -0.1) is 0 Å². The molecule has 22 heavy (non-hydrogen) atoms. The fourth-order valence-electron chi connectivity index (χ4n) is 3.29. The van der Waals surface area contributed by atoms with Gasteiger partial charge >= 0.3 is 5.97 Å². The Morgan fingerprint density at radius 2 is 1.86 bits per heavy atom. The molecule has 3 rings (SSSR count). The summed E-state index contributed by atoms with van der Waals surface area (Å²) in [5.41, 5.74) is 1.68. The van der Waals surface area contributed by atoms with Gasteiger partial charge in [-0.1, -0.05) is 12.1 Å². The zero-order valence-electron chi connectivity index (χ0n) is 12.0. The van der Waals surface area contributed by atoms with Crippen molar-refractivity contribution in [2.24, 2.45) is 7.05 Å². The highest BCUT2D eigenvalue weighted by atomic mass is 19.3. The number of halogens is 2. The molecular formula is C16H16F2N2O2. The van der Waals surface area contributed by atoms with E-state index in [9.17, 15) is 13.6 Å². The molecule has 2 unspecified atom stereocenters. The van der Waals surface area contributed by atoms with Gasteiger partial charge in [0.05, 0.1) is 5.56 Å². The highest BCUT2D eigenvalue weighted by molar-refractivity contribution is 5.87. The second-order valence-electron chi connectivity index (χ2n) is 5.78. The number of hydrogen-bond acceptors (Lipinski definition) is 2. The number of rotatable bonds is 3. The Morgan fingerprint density at radius 3 is 2.41 bits per heavy atom. The summed E-state index contributed by atoms with van der Waals surface area (Å²) in [4.78, 5) is 10.9. The van der Waals surface area contributed by atoms with Crippen molar-refractivity contribution in [2.45, 2.75) is 30.6 Å². The van der Waals surface area contributed by atoms with Gasteiger partial charge in [0.1, 0.15) is 0 Å². The van der Waals surface area contributed by atoms with Crippen LogP contribution < -0.4 is 0 Å². The van der Waals surface area contributed by atoms with Crippen molar-refractivity contribution in [3.8, 4) is 0 Å². The summed E-state index contributed by atoms with van der Waals surface area (Å²) in [5, 5.41) is 13.0. The topological polar surface area (TPSA) is 55.1 Å². The van der Waals surface area contributed by atoms with Gasteiger partial charge in [-0.25, -0.2) is 13.6 Å². The molecule has 1 fully saturated rings. The molecule has 1 N–H and O–H groups in total. The van der Waals surface area contributed by atoms with Crippen LogP contribution in [0.3, 0.4) is 0 Å². The number of aromatic nitrogens is 2. The summed E-state index contributed by atoms with van der Waals surface area (Å²) in [7, 11) is 1.75. The molecule has 1 saturated carbocycles. The molecule has 1 aromatic heterocycles. The summed E-state index contributed by atoms with van der Waals surface area (Å²) in [5.74, 6) is -4.40. The Kier molecular flexibility index (Phi) is 3.47. The summed E-state index contributed by atoms with van der Waals surface area (Å²) in [6, 6.07) is 7.98. The fraction of sp³-hybridized carbons (Fsp3) is 0.375. The molecular weight excluding hydrogens is 290 g/mol. The van der Waals surface area contributed by atoms with E-state index in [2.05, 4.69) is 5.10 Å². The number of aryl methyl sites for hydroxylation is 1. The van der Waals surface area contributed by atoms with Crippen molar-refractivity contribution in [1.82, 2.24) is 9.78 Å². The summed E-state index contributed by atoms with van der Waals surface area (Å²) < 4.78 is 29.5. The third kappa shape index (κ3) is 2.61. The number of aromatic carboxylic acids is 1. The van der Waals surface area contributed by atoms with Crippen LogP contribution in [0.15, 0.2) is 36.5 Å². The smallest absolute Gasteiger partial charge is 0.335 e. The number of carboxylic acids is 1. The van der Waals surface area contributed by atoms with Gasteiger partial charge in [-0.05, 0) is 29.7 Å². The summed E-state index contributed by atoms with van der Waals surface area (Å²) >= 11 is 0. The van der Waals surface area contributed by atoms with E-state index in [0.29, 0.717) is 0 Å². The first kappa shape index (κ1) is 14.7. The van der Waals surface area contributed by atoms with Crippen LogP contribution in [0.4, 0.5) is 8.78 Å². The van der Waals surface area contributed by atoms with Crippen LogP contribution in [0.2, 0.25) is 0 Å². The largest absolute Gasteiger partial charge is 0.478 e. The molecule has 0 aliphatic heterocycles. The van der Waals surface area contributed by atoms with Crippen molar-refractivity contribution in [1.29, 1.82) is 0 Å². The molecule has 4 nitrogen and oxygen atoms in total. The van der Waals surface area contributed by atoms with E-state index in [4.69, 9.17) is 5.11 Å². The lowest BCUT2D eigenvalue weighted by Gasteiger charge is -2.19. The van der Waals surface area contributed by atoms with E-state index in [1.807, 2.05) is 0 Å². The van der Waals surface area contributed by atoms with Gasteiger partial charge in [0.15, 0.2) is 0 Å². The minimum absolute atomic E-state index is 0.158. The van der Waals surface area contributed by atoms with E-state index in [1.165, 1.54) is 12.1 Å². The minimum Gasteiger partial charge on any atom is -0.478 e. The Morgan fingerprint density at radius 1 is 1.23 bits per heavy atom. The molecule has 6 heteroatoms. The zero-order chi connectivity index (χ0) is 15.9. The van der Waals surface area contributed by atoms with Crippen molar-refractivity contribution in [3.63, 3.8) is 0 Å². The number of nitrogens with zero attached hydrogens (tertiary/aromatic N) is 2. The van der Waals surface area contributed by atoms with E-state index < -0.39 is 11.9 Å². The van der Waals surface area contributed by atoms with Crippen LogP contribution in [0.5, 0.6) is 0 Å². The fourth-order valence-corrected chi connectivity index (χ4v) is 3.29. The summed E-state index contributed by atoms with van der Waals surface area (Å²) in [6.07, 6.45) is 1.17. The first-order valence-electron chi connectivity index (χ1n) is 7.06. The number of carboxylic acid groups (broad SMARTS) is 1. The second-order valence-corrected chi connectivity index (χ2v) is 5.78. The Balaban J connectivity index is 1.96. The average Bonchev–Trinajstić information content (AvgIpc) is 3.01. The highest BCUT2D eigenvalue weighted by Gasteiger charge is 2.48. The lowest BCUT2D eigenvalue weighted by molar-refractivity contribution is 0.00629. The zero-order valence-corrected chi connectivity index (χ0v) is 12.0. The molecule has 1 heterocycles. The van der Waals surface area contributed by atoms with Crippen LogP contribution in [0.25, 0.3) is 0 Å². The standard InChI is InChI=1S/C16H16F2N2O2/c1-20-14(6-7-19-20)13-9-16(17,18)8-12(13)10-2-4-11(5-3-10)15(21)22/h2-7,12-13H,8-9H2,1H3,(H,21,22). The molecule has 0 amide bonds. The SMILES string of the molecule is Cn1nccc1C1CC(F)(F)CC1c1ccc(C(=O)O)cc1. The highest BCUT2D eigenvalue weighted by Crippen LogP contribution is 2.52. The quantitative estimate of drug-likeness (QED) is 0.945. The maximum Gasteiger partial charge on any atom is 0.335 e. The van der Waals surface area contributed by atoms with Crippen LogP contribution >= 0.6 is 0 Å². The van der Waals surface area contributed by atoms with Crippen molar-refractivity contribution in [2.75, 3.05) is 0 Å². The maximum atomic E-state index is 13.9. The van der Waals surface area contributed by atoms with Gasteiger partial charge in [-0.3, -0.25) is 4.68 Å². The Hall–Kier alpha value is -2.24. The third-order valence-corrected chi connectivity index (χ3v) is 4.35. The van der Waals surface area contributed by atoms with Crippen LogP contribution in [-0.2, 0) is 7.05 Å². The van der Waals surface area contributed by atoms with Crippen molar-refractivity contribution < 1.29 is 18.7 Å². The lowest BCUT2D eigenvalue weighted by Crippen LogP contribution is -2.10. The maximum absolute atomic E-state index is 13.9. The Bertz CT molecular complexity index is 694. The second kappa shape index (κ2) is 5.19. The van der Waals surface area contributed by atoms with E-state index in [1.54, 1.807) is 36.1 Å². The Labute approximate surface area is 126 Å². The van der Waals surface area contributed by atoms with Crippen LogP contribution in [0, 0.1) is 0 Å². The number of benzene rings is 1. The average molecular weight is 306 g/mol. The predicted octanol–water partition coefficient (Wildman–Crippen LogP) is 3.41. The molecule has 116 valence electrons. The lowest BCUT2D eigenvalue weighted by atomic mass is 9.86. The van der Waals surface area contributed by atoms with Gasteiger partial charge in [0.25, 0.3) is 0 Å². The first-order valence-corrected chi connectivity index (χ1v) is 7.06. The number of hydrogen-bond donors (Lipinski definition) is 1. The van der Waals surface area contributed by atoms with Crippen LogP contribution in [0.1, 0.15) is 46.3 Å².